The van der Waals surface area contributed by atoms with Gasteiger partial charge in [0.25, 0.3) is 0 Å². The van der Waals surface area contributed by atoms with Crippen molar-refractivity contribution in [3.8, 4) is 0 Å². The van der Waals surface area contributed by atoms with Crippen LogP contribution in [0.3, 0.4) is 0 Å². The maximum atomic E-state index is 12.1. The van der Waals surface area contributed by atoms with Crippen LogP contribution in [0.1, 0.15) is 5.56 Å². The summed E-state index contributed by atoms with van der Waals surface area (Å²) in [5.74, 6) is -0.283. The van der Waals surface area contributed by atoms with Crippen LogP contribution in [0.2, 0.25) is 0 Å². The molecule has 0 spiro atoms. The number of carbonyl (C=O) groups is 1. The minimum absolute atomic E-state index is 0.116. The summed E-state index contributed by atoms with van der Waals surface area (Å²) in [4.78, 5) is 24.1. The van der Waals surface area contributed by atoms with Crippen LogP contribution in [0.5, 0.6) is 0 Å². The number of amides is 1. The van der Waals surface area contributed by atoms with E-state index < -0.39 is 0 Å². The fourth-order valence-electron chi connectivity index (χ4n) is 2.11. The third-order valence-corrected chi connectivity index (χ3v) is 3.20. The zero-order valence-corrected chi connectivity index (χ0v) is 11.5. The molecule has 21 heavy (non-hydrogen) atoms. The number of benzene rings is 1. The first-order valence-electron chi connectivity index (χ1n) is 6.55. The number of hydrogen-bond donors (Lipinski definition) is 1. The second-order valence-electron chi connectivity index (χ2n) is 4.73. The lowest BCUT2D eigenvalue weighted by Gasteiger charge is -2.07. The summed E-state index contributed by atoms with van der Waals surface area (Å²) >= 11 is 0. The second kappa shape index (κ2) is 5.24. The Bertz CT molecular complexity index is 863. The van der Waals surface area contributed by atoms with E-state index in [4.69, 9.17) is 0 Å². The SMILES string of the molecule is Cc1ccccc1NC(=O)Cn1nc2ccccn2c1=O. The van der Waals surface area contributed by atoms with Gasteiger partial charge in [-0.1, -0.05) is 24.3 Å². The van der Waals surface area contributed by atoms with Crippen molar-refractivity contribution in [2.24, 2.45) is 0 Å². The summed E-state index contributed by atoms with van der Waals surface area (Å²) in [6.07, 6.45) is 1.63. The van der Waals surface area contributed by atoms with Crippen LogP contribution in [-0.2, 0) is 11.3 Å². The van der Waals surface area contributed by atoms with E-state index in [9.17, 15) is 9.59 Å². The van der Waals surface area contributed by atoms with Gasteiger partial charge >= 0.3 is 5.69 Å². The predicted octanol–water partition coefficient (Wildman–Crippen LogP) is 1.44. The highest BCUT2D eigenvalue weighted by Gasteiger charge is 2.11. The molecule has 0 fully saturated rings. The molecule has 6 heteroatoms. The summed E-state index contributed by atoms with van der Waals surface area (Å²) in [5.41, 5.74) is 1.89. The molecule has 3 aromatic rings. The highest BCUT2D eigenvalue weighted by Crippen LogP contribution is 2.12. The third kappa shape index (κ3) is 2.55. The first-order chi connectivity index (χ1) is 10.1. The number of nitrogens with one attached hydrogen (secondary N) is 1. The topological polar surface area (TPSA) is 68.4 Å². The van der Waals surface area contributed by atoms with Gasteiger partial charge in [-0.25, -0.2) is 9.48 Å². The van der Waals surface area contributed by atoms with E-state index in [2.05, 4.69) is 10.4 Å². The van der Waals surface area contributed by atoms with Crippen molar-refractivity contribution in [1.29, 1.82) is 0 Å². The number of aryl methyl sites for hydroxylation is 1. The smallest absolute Gasteiger partial charge is 0.324 e. The standard InChI is InChI=1S/C15H14N4O2/c1-11-6-2-3-7-12(11)16-14(20)10-19-15(21)18-9-5-4-8-13(18)17-19/h2-9H,10H2,1H3,(H,16,20). The second-order valence-corrected chi connectivity index (χ2v) is 4.73. The van der Waals surface area contributed by atoms with Crippen molar-refractivity contribution in [2.75, 3.05) is 5.32 Å². The molecule has 6 nitrogen and oxygen atoms in total. The number of fused-ring (bicyclic) bond motifs is 1. The van der Waals surface area contributed by atoms with E-state index in [1.165, 1.54) is 4.40 Å². The van der Waals surface area contributed by atoms with Crippen LogP contribution in [0.25, 0.3) is 5.65 Å². The normalized spacial score (nSPS) is 10.7. The molecule has 1 N–H and O–H groups in total. The van der Waals surface area contributed by atoms with Crippen molar-refractivity contribution in [3.05, 3.63) is 64.7 Å². The largest absolute Gasteiger partial charge is 0.350 e. The van der Waals surface area contributed by atoms with Gasteiger partial charge in [0.05, 0.1) is 0 Å². The van der Waals surface area contributed by atoms with Crippen molar-refractivity contribution < 1.29 is 4.79 Å². The molecule has 106 valence electrons. The molecule has 1 aromatic carbocycles. The van der Waals surface area contributed by atoms with Gasteiger partial charge in [0.1, 0.15) is 6.54 Å². The summed E-state index contributed by atoms with van der Waals surface area (Å²) in [6.45, 7) is 1.79. The first-order valence-corrected chi connectivity index (χ1v) is 6.55. The van der Waals surface area contributed by atoms with Gasteiger partial charge < -0.3 is 5.32 Å². The zero-order valence-electron chi connectivity index (χ0n) is 11.5. The minimum Gasteiger partial charge on any atom is -0.324 e. The lowest BCUT2D eigenvalue weighted by Crippen LogP contribution is -2.28. The lowest BCUT2D eigenvalue weighted by molar-refractivity contribution is -0.117. The number of nitrogens with zero attached hydrogens (tertiary/aromatic N) is 3. The van der Waals surface area contributed by atoms with Crippen LogP contribution in [0.15, 0.2) is 53.5 Å². The number of pyridine rings is 1. The highest BCUT2D eigenvalue weighted by molar-refractivity contribution is 5.91. The van der Waals surface area contributed by atoms with Gasteiger partial charge in [0.15, 0.2) is 5.65 Å². The Hall–Kier alpha value is -2.89. The fraction of sp³-hybridized carbons (Fsp3) is 0.133. The average molecular weight is 282 g/mol. The number of rotatable bonds is 3. The molecule has 0 unspecified atom stereocenters. The Morgan fingerprint density at radius 1 is 1.19 bits per heavy atom. The molecule has 2 heterocycles. The van der Waals surface area contributed by atoms with Crippen LogP contribution >= 0.6 is 0 Å². The number of para-hydroxylation sites is 1. The van der Waals surface area contributed by atoms with Gasteiger partial charge in [0.2, 0.25) is 5.91 Å². The van der Waals surface area contributed by atoms with Crippen LogP contribution in [0, 0.1) is 6.92 Å². The fourth-order valence-corrected chi connectivity index (χ4v) is 2.11. The molecule has 0 bridgehead atoms. The van der Waals surface area contributed by atoms with Crippen LogP contribution < -0.4 is 11.0 Å². The molecule has 3 rings (SSSR count). The zero-order chi connectivity index (χ0) is 14.8. The van der Waals surface area contributed by atoms with Crippen molar-refractivity contribution >= 4 is 17.2 Å². The number of anilines is 1. The number of hydrogen-bond acceptors (Lipinski definition) is 3. The molecule has 0 saturated heterocycles. The third-order valence-electron chi connectivity index (χ3n) is 3.20. The Morgan fingerprint density at radius 2 is 1.95 bits per heavy atom. The lowest BCUT2D eigenvalue weighted by atomic mass is 10.2. The van der Waals surface area contributed by atoms with Crippen LogP contribution in [-0.4, -0.2) is 20.1 Å². The molecular formula is C15H14N4O2. The van der Waals surface area contributed by atoms with E-state index in [1.54, 1.807) is 24.4 Å². The van der Waals surface area contributed by atoms with Gasteiger partial charge in [-0.15, -0.1) is 5.10 Å². The Kier molecular flexibility index (Phi) is 3.27. The molecule has 0 saturated carbocycles. The molecule has 2 aromatic heterocycles. The minimum atomic E-state index is -0.328. The van der Waals surface area contributed by atoms with E-state index in [0.29, 0.717) is 5.65 Å². The average Bonchev–Trinajstić information content (AvgIpc) is 2.78. The molecule has 0 aliphatic rings. The maximum Gasteiger partial charge on any atom is 0.350 e. The van der Waals surface area contributed by atoms with E-state index >= 15 is 0 Å². The summed E-state index contributed by atoms with van der Waals surface area (Å²) in [6, 6.07) is 12.7. The van der Waals surface area contributed by atoms with Gasteiger partial charge in [-0.3, -0.25) is 9.20 Å². The highest BCUT2D eigenvalue weighted by atomic mass is 16.2. The summed E-state index contributed by atoms with van der Waals surface area (Å²) in [7, 11) is 0. The summed E-state index contributed by atoms with van der Waals surface area (Å²) < 4.78 is 2.56. The van der Waals surface area contributed by atoms with Crippen molar-refractivity contribution in [3.63, 3.8) is 0 Å². The molecular weight excluding hydrogens is 268 g/mol. The monoisotopic (exact) mass is 282 g/mol. The molecule has 0 atom stereocenters. The van der Waals surface area contributed by atoms with Gasteiger partial charge in [-0.05, 0) is 30.7 Å². The molecule has 0 radical (unpaired) electrons. The van der Waals surface area contributed by atoms with Crippen LogP contribution in [0.4, 0.5) is 5.69 Å². The Labute approximate surface area is 120 Å². The summed E-state index contributed by atoms with van der Waals surface area (Å²) in [5, 5.41) is 6.90. The molecule has 0 aliphatic carbocycles. The van der Waals surface area contributed by atoms with Crippen molar-refractivity contribution in [2.45, 2.75) is 13.5 Å². The predicted molar refractivity (Wildman–Crippen MR) is 79.3 cm³/mol. The first kappa shape index (κ1) is 13.1. The molecule has 1 amide bonds. The Balaban J connectivity index is 1.82. The Morgan fingerprint density at radius 3 is 2.71 bits per heavy atom. The number of carbonyl (C=O) groups excluding carboxylic acids is 1. The van der Waals surface area contributed by atoms with Gasteiger partial charge in [-0.2, -0.15) is 0 Å². The van der Waals surface area contributed by atoms with E-state index in [0.717, 1.165) is 15.9 Å². The van der Waals surface area contributed by atoms with E-state index in [1.807, 2.05) is 31.2 Å². The maximum absolute atomic E-state index is 12.1. The molecule has 0 aliphatic heterocycles. The van der Waals surface area contributed by atoms with E-state index in [-0.39, 0.29) is 18.1 Å². The van der Waals surface area contributed by atoms with Gasteiger partial charge in [0, 0.05) is 11.9 Å². The quantitative estimate of drug-likeness (QED) is 0.790. The number of aromatic nitrogens is 3. The van der Waals surface area contributed by atoms with Crippen molar-refractivity contribution in [1.82, 2.24) is 14.2 Å².